The number of nitrogens with one attached hydrogen (secondary N) is 1. The molecule has 2 amide bonds. The zero-order chi connectivity index (χ0) is 21.0. The van der Waals surface area contributed by atoms with E-state index in [1.807, 2.05) is 63.2 Å². The van der Waals surface area contributed by atoms with E-state index in [4.69, 9.17) is 0 Å². The maximum atomic E-state index is 12.6. The summed E-state index contributed by atoms with van der Waals surface area (Å²) in [4.78, 5) is 26.4. The van der Waals surface area contributed by atoms with Crippen LogP contribution in [0.2, 0.25) is 0 Å². The van der Waals surface area contributed by atoms with Gasteiger partial charge in [0.25, 0.3) is 5.91 Å². The van der Waals surface area contributed by atoms with E-state index in [9.17, 15) is 9.59 Å². The van der Waals surface area contributed by atoms with E-state index in [0.717, 1.165) is 27.9 Å². The average Bonchev–Trinajstić information content (AvgIpc) is 3.13. The van der Waals surface area contributed by atoms with Crippen molar-refractivity contribution in [1.82, 2.24) is 19.9 Å². The van der Waals surface area contributed by atoms with Crippen molar-refractivity contribution < 1.29 is 9.59 Å². The first-order chi connectivity index (χ1) is 13.8. The highest BCUT2D eigenvalue weighted by atomic mass is 16.2. The highest BCUT2D eigenvalue weighted by Crippen LogP contribution is 2.21. The van der Waals surface area contributed by atoms with Crippen molar-refractivity contribution >= 4 is 17.5 Å². The van der Waals surface area contributed by atoms with Crippen molar-refractivity contribution in [2.75, 3.05) is 18.9 Å². The van der Waals surface area contributed by atoms with E-state index in [1.54, 1.807) is 17.9 Å². The van der Waals surface area contributed by atoms with Crippen molar-refractivity contribution in [3.8, 4) is 0 Å². The molecule has 7 nitrogen and oxygen atoms in total. The van der Waals surface area contributed by atoms with Crippen molar-refractivity contribution in [3.63, 3.8) is 0 Å². The summed E-state index contributed by atoms with van der Waals surface area (Å²) in [5.74, 6) is -0.607. The Balaban J connectivity index is 1.61. The maximum Gasteiger partial charge on any atom is 0.276 e. The molecule has 0 saturated heterocycles. The fourth-order valence-electron chi connectivity index (χ4n) is 3.28. The fraction of sp³-hybridized carbons (Fsp3) is 0.273. The molecule has 0 atom stereocenters. The van der Waals surface area contributed by atoms with Gasteiger partial charge in [-0.15, -0.1) is 5.10 Å². The Morgan fingerprint density at radius 1 is 1.07 bits per heavy atom. The molecule has 1 aromatic heterocycles. The third kappa shape index (κ3) is 5.07. The zero-order valence-electron chi connectivity index (χ0n) is 17.1. The van der Waals surface area contributed by atoms with E-state index < -0.39 is 0 Å². The topological polar surface area (TPSA) is 80.1 Å². The average molecular weight is 391 g/mol. The summed E-state index contributed by atoms with van der Waals surface area (Å²) >= 11 is 0. The van der Waals surface area contributed by atoms with Gasteiger partial charge in [0.2, 0.25) is 5.91 Å². The SMILES string of the molecule is Cc1cc(C)c(NC(=O)CN(C)C(=O)c2cn(Cc3ccccc3)nn2)c(C)c1. The Kier molecular flexibility index (Phi) is 6.07. The van der Waals surface area contributed by atoms with Crippen LogP contribution in [0.15, 0.2) is 48.7 Å². The maximum absolute atomic E-state index is 12.6. The van der Waals surface area contributed by atoms with E-state index in [0.29, 0.717) is 6.54 Å². The molecule has 2 aromatic carbocycles. The fourth-order valence-corrected chi connectivity index (χ4v) is 3.28. The number of amides is 2. The van der Waals surface area contributed by atoms with Gasteiger partial charge >= 0.3 is 0 Å². The van der Waals surface area contributed by atoms with E-state index in [2.05, 4.69) is 15.6 Å². The van der Waals surface area contributed by atoms with Gasteiger partial charge in [0, 0.05) is 12.7 Å². The minimum Gasteiger partial charge on any atom is -0.331 e. The minimum absolute atomic E-state index is 0.0723. The van der Waals surface area contributed by atoms with Crippen LogP contribution in [0.5, 0.6) is 0 Å². The highest BCUT2D eigenvalue weighted by molar-refractivity contribution is 5.98. The van der Waals surface area contributed by atoms with Gasteiger partial charge in [-0.1, -0.05) is 53.2 Å². The summed E-state index contributed by atoms with van der Waals surface area (Å²) in [7, 11) is 1.58. The van der Waals surface area contributed by atoms with Gasteiger partial charge in [-0.25, -0.2) is 4.68 Å². The van der Waals surface area contributed by atoms with Crippen LogP contribution in [0.1, 0.15) is 32.7 Å². The second-order valence-corrected chi connectivity index (χ2v) is 7.27. The molecule has 150 valence electrons. The van der Waals surface area contributed by atoms with Gasteiger partial charge in [0.05, 0.1) is 19.3 Å². The Labute approximate surface area is 170 Å². The van der Waals surface area contributed by atoms with Crippen LogP contribution < -0.4 is 5.32 Å². The van der Waals surface area contributed by atoms with Gasteiger partial charge < -0.3 is 10.2 Å². The summed E-state index contributed by atoms with van der Waals surface area (Å²) in [5.41, 5.74) is 5.19. The Morgan fingerprint density at radius 3 is 2.38 bits per heavy atom. The third-order valence-corrected chi connectivity index (χ3v) is 4.61. The highest BCUT2D eigenvalue weighted by Gasteiger charge is 2.19. The number of aromatic nitrogens is 3. The van der Waals surface area contributed by atoms with E-state index in [-0.39, 0.29) is 24.1 Å². The number of aryl methyl sites for hydroxylation is 3. The predicted molar refractivity (Wildman–Crippen MR) is 112 cm³/mol. The number of benzene rings is 2. The molecule has 0 aliphatic heterocycles. The normalized spacial score (nSPS) is 10.6. The molecule has 3 rings (SSSR count). The van der Waals surface area contributed by atoms with Crippen LogP contribution in [-0.2, 0) is 11.3 Å². The van der Waals surface area contributed by atoms with Gasteiger partial charge in [-0.05, 0) is 37.5 Å². The molecule has 7 heteroatoms. The van der Waals surface area contributed by atoms with Crippen LogP contribution in [-0.4, -0.2) is 45.3 Å². The molecular formula is C22H25N5O2. The summed E-state index contributed by atoms with van der Waals surface area (Å²) in [6, 6.07) is 13.8. The van der Waals surface area contributed by atoms with Crippen molar-refractivity contribution in [1.29, 1.82) is 0 Å². The molecule has 0 fully saturated rings. The largest absolute Gasteiger partial charge is 0.331 e. The number of anilines is 1. The number of hydrogen-bond donors (Lipinski definition) is 1. The first-order valence-corrected chi connectivity index (χ1v) is 9.40. The van der Waals surface area contributed by atoms with Crippen molar-refractivity contribution in [2.45, 2.75) is 27.3 Å². The number of carbonyl (C=O) groups excluding carboxylic acids is 2. The van der Waals surface area contributed by atoms with Gasteiger partial charge in [-0.2, -0.15) is 0 Å². The standard InChI is InChI=1S/C22H25N5O2/c1-15-10-16(2)21(17(3)11-15)23-20(28)14-26(4)22(29)19-13-27(25-24-19)12-18-8-6-5-7-9-18/h5-11,13H,12,14H2,1-4H3,(H,23,28). The van der Waals surface area contributed by atoms with Gasteiger partial charge in [0.15, 0.2) is 5.69 Å². The summed E-state index contributed by atoms with van der Waals surface area (Å²) in [6.07, 6.45) is 1.60. The lowest BCUT2D eigenvalue weighted by atomic mass is 10.1. The molecule has 0 aliphatic rings. The number of likely N-dealkylation sites (N-methyl/N-ethyl adjacent to an activating group) is 1. The lowest BCUT2D eigenvalue weighted by Gasteiger charge is -2.17. The van der Waals surface area contributed by atoms with Crippen molar-refractivity contribution in [2.24, 2.45) is 0 Å². The summed E-state index contributed by atoms with van der Waals surface area (Å²) < 4.78 is 1.61. The Bertz CT molecular complexity index is 1000. The lowest BCUT2D eigenvalue weighted by Crippen LogP contribution is -2.35. The molecule has 0 unspecified atom stereocenters. The van der Waals surface area contributed by atoms with Crippen molar-refractivity contribution in [3.05, 3.63) is 76.6 Å². The molecule has 29 heavy (non-hydrogen) atoms. The molecule has 3 aromatic rings. The molecule has 0 bridgehead atoms. The zero-order valence-corrected chi connectivity index (χ0v) is 17.1. The molecular weight excluding hydrogens is 366 g/mol. The first-order valence-electron chi connectivity index (χ1n) is 9.40. The lowest BCUT2D eigenvalue weighted by molar-refractivity contribution is -0.116. The Hall–Kier alpha value is -3.48. The number of hydrogen-bond acceptors (Lipinski definition) is 4. The van der Waals surface area contributed by atoms with Crippen LogP contribution in [0.25, 0.3) is 0 Å². The second kappa shape index (κ2) is 8.68. The van der Waals surface area contributed by atoms with Gasteiger partial charge in [-0.3, -0.25) is 9.59 Å². The molecule has 0 radical (unpaired) electrons. The predicted octanol–water partition coefficient (Wildman–Crippen LogP) is 2.96. The number of carbonyl (C=O) groups is 2. The Morgan fingerprint density at radius 2 is 1.72 bits per heavy atom. The quantitative estimate of drug-likeness (QED) is 0.701. The monoisotopic (exact) mass is 391 g/mol. The van der Waals surface area contributed by atoms with Crippen LogP contribution in [0, 0.1) is 20.8 Å². The van der Waals surface area contributed by atoms with Crippen LogP contribution in [0.3, 0.4) is 0 Å². The molecule has 1 heterocycles. The second-order valence-electron chi connectivity index (χ2n) is 7.27. The molecule has 0 aliphatic carbocycles. The van der Waals surface area contributed by atoms with Crippen LogP contribution >= 0.6 is 0 Å². The smallest absolute Gasteiger partial charge is 0.276 e. The van der Waals surface area contributed by atoms with E-state index in [1.165, 1.54) is 4.90 Å². The van der Waals surface area contributed by atoms with Gasteiger partial charge in [0.1, 0.15) is 0 Å². The summed E-state index contributed by atoms with van der Waals surface area (Å²) in [5, 5.41) is 10.9. The van der Waals surface area contributed by atoms with Crippen LogP contribution in [0.4, 0.5) is 5.69 Å². The molecule has 0 saturated carbocycles. The summed E-state index contributed by atoms with van der Waals surface area (Å²) in [6.45, 7) is 6.38. The molecule has 0 spiro atoms. The van der Waals surface area contributed by atoms with E-state index >= 15 is 0 Å². The number of rotatable bonds is 6. The first kappa shape index (κ1) is 20.3. The number of nitrogens with zero attached hydrogens (tertiary/aromatic N) is 4. The molecule has 1 N–H and O–H groups in total. The third-order valence-electron chi connectivity index (χ3n) is 4.61. The minimum atomic E-state index is -0.350.